The second-order valence-corrected chi connectivity index (χ2v) is 2.94. The van der Waals surface area contributed by atoms with Gasteiger partial charge in [0.15, 0.2) is 12.4 Å². The quantitative estimate of drug-likeness (QED) is 0.743. The zero-order valence-electron chi connectivity index (χ0n) is 8.31. The van der Waals surface area contributed by atoms with E-state index in [1.54, 1.807) is 0 Å². The zero-order valence-corrected chi connectivity index (χ0v) is 8.31. The fourth-order valence-corrected chi connectivity index (χ4v) is 1.29. The Morgan fingerprint density at radius 2 is 2.19 bits per heavy atom. The van der Waals surface area contributed by atoms with Crippen LogP contribution in [-0.4, -0.2) is 29.6 Å². The van der Waals surface area contributed by atoms with Crippen LogP contribution < -0.4 is 4.74 Å². The molecule has 0 aliphatic rings. The Bertz CT molecular complexity index is 429. The molecule has 6 heteroatoms. The van der Waals surface area contributed by atoms with Crippen LogP contribution in [0.1, 0.15) is 22.0 Å². The van der Waals surface area contributed by atoms with Crippen molar-refractivity contribution in [3.8, 4) is 5.75 Å². The van der Waals surface area contributed by atoms with Crippen LogP contribution in [0.3, 0.4) is 0 Å². The van der Waals surface area contributed by atoms with Crippen molar-refractivity contribution in [1.29, 1.82) is 0 Å². The lowest BCUT2D eigenvalue weighted by Gasteiger charge is -2.13. The molecule has 1 unspecified atom stereocenters. The highest BCUT2D eigenvalue weighted by Crippen LogP contribution is 2.31. The fourth-order valence-electron chi connectivity index (χ4n) is 1.29. The molecule has 0 aromatic heterocycles. The predicted octanol–water partition coefficient (Wildman–Crippen LogP) is 0.765. The monoisotopic (exact) mass is 228 g/mol. The lowest BCUT2D eigenvalue weighted by molar-refractivity contribution is -0.147. The number of ether oxygens (including phenoxy) is 1. The predicted molar refractivity (Wildman–Crippen MR) is 50.9 cm³/mol. The van der Waals surface area contributed by atoms with Gasteiger partial charge in [-0.3, -0.25) is 4.79 Å². The fraction of sp³-hybridized carbons (Fsp3) is 0.200. The third-order valence-electron chi connectivity index (χ3n) is 2.01. The molecule has 1 atom stereocenters. The Morgan fingerprint density at radius 3 is 2.62 bits per heavy atom. The Morgan fingerprint density at radius 1 is 1.56 bits per heavy atom. The van der Waals surface area contributed by atoms with E-state index in [0.29, 0.717) is 6.29 Å². The van der Waals surface area contributed by atoms with Gasteiger partial charge in [-0.25, -0.2) is 9.18 Å². The largest absolute Gasteiger partial charge is 0.495 e. The van der Waals surface area contributed by atoms with Gasteiger partial charge in [-0.2, -0.15) is 0 Å². The molecule has 2 N–H and O–H groups in total. The van der Waals surface area contributed by atoms with Crippen LogP contribution in [0.5, 0.6) is 5.75 Å². The molecule has 0 heterocycles. The van der Waals surface area contributed by atoms with Crippen molar-refractivity contribution >= 4 is 12.3 Å². The Kier molecular flexibility index (Phi) is 3.57. The molecule has 0 saturated carbocycles. The molecule has 1 aromatic carbocycles. The smallest absolute Gasteiger partial charge is 0.337 e. The second kappa shape index (κ2) is 4.71. The number of carboxylic acids is 1. The standard InChI is InChI=1S/C10H9FO5/c1-16-9-5(4-12)2-3-6(11)7(9)8(13)10(14)15/h2-4,8,13H,1H3,(H,14,15). The maximum Gasteiger partial charge on any atom is 0.337 e. The second-order valence-electron chi connectivity index (χ2n) is 2.94. The third kappa shape index (κ3) is 2.01. The van der Waals surface area contributed by atoms with Gasteiger partial charge in [0.2, 0.25) is 0 Å². The van der Waals surface area contributed by atoms with Crippen LogP contribution in [0, 0.1) is 5.82 Å². The van der Waals surface area contributed by atoms with Crippen molar-refractivity contribution in [2.24, 2.45) is 0 Å². The summed E-state index contributed by atoms with van der Waals surface area (Å²) in [6, 6.07) is 2.03. The van der Waals surface area contributed by atoms with Gasteiger partial charge in [0.25, 0.3) is 0 Å². The minimum absolute atomic E-state index is 0.0285. The summed E-state index contributed by atoms with van der Waals surface area (Å²) in [5.74, 6) is -2.84. The van der Waals surface area contributed by atoms with Crippen molar-refractivity contribution in [3.05, 3.63) is 29.1 Å². The summed E-state index contributed by atoms with van der Waals surface area (Å²) in [6.45, 7) is 0. The molecule has 1 rings (SSSR count). The van der Waals surface area contributed by atoms with Gasteiger partial charge in [0.05, 0.1) is 18.2 Å². The van der Waals surface area contributed by atoms with Crippen LogP contribution in [0.4, 0.5) is 4.39 Å². The molecule has 86 valence electrons. The molecule has 1 aromatic rings. The molecule has 0 radical (unpaired) electrons. The molecular weight excluding hydrogens is 219 g/mol. The average Bonchev–Trinajstić information content (AvgIpc) is 2.27. The van der Waals surface area contributed by atoms with E-state index in [0.717, 1.165) is 19.2 Å². The minimum atomic E-state index is -2.07. The molecule has 0 fully saturated rings. The topological polar surface area (TPSA) is 83.8 Å². The van der Waals surface area contributed by atoms with Crippen LogP contribution in [0.2, 0.25) is 0 Å². The van der Waals surface area contributed by atoms with Crippen LogP contribution in [-0.2, 0) is 4.79 Å². The number of benzene rings is 1. The number of methoxy groups -OCH3 is 1. The highest BCUT2D eigenvalue weighted by atomic mass is 19.1. The Labute approximate surface area is 90.1 Å². The van der Waals surface area contributed by atoms with E-state index >= 15 is 0 Å². The lowest BCUT2D eigenvalue weighted by atomic mass is 10.0. The van der Waals surface area contributed by atoms with Crippen LogP contribution in [0.25, 0.3) is 0 Å². The summed E-state index contributed by atoms with van der Waals surface area (Å²) >= 11 is 0. The Hall–Kier alpha value is -1.95. The highest BCUT2D eigenvalue weighted by molar-refractivity contribution is 5.83. The summed E-state index contributed by atoms with van der Waals surface area (Å²) < 4.78 is 18.1. The minimum Gasteiger partial charge on any atom is -0.495 e. The summed E-state index contributed by atoms with van der Waals surface area (Å²) in [6.07, 6.45) is -1.69. The lowest BCUT2D eigenvalue weighted by Crippen LogP contribution is -2.14. The number of hydrogen-bond donors (Lipinski definition) is 2. The first-order valence-electron chi connectivity index (χ1n) is 4.25. The molecule has 0 spiro atoms. The highest BCUT2D eigenvalue weighted by Gasteiger charge is 2.26. The van der Waals surface area contributed by atoms with Crippen molar-refractivity contribution in [3.63, 3.8) is 0 Å². The normalized spacial score (nSPS) is 11.9. The van der Waals surface area contributed by atoms with Crippen LogP contribution >= 0.6 is 0 Å². The number of aldehydes is 1. The van der Waals surface area contributed by atoms with Crippen LogP contribution in [0.15, 0.2) is 12.1 Å². The van der Waals surface area contributed by atoms with Crippen molar-refractivity contribution < 1.29 is 28.9 Å². The summed E-state index contributed by atoms with van der Waals surface area (Å²) in [5.41, 5.74) is -0.584. The number of carbonyl (C=O) groups excluding carboxylic acids is 1. The number of rotatable bonds is 4. The third-order valence-corrected chi connectivity index (χ3v) is 2.01. The van der Waals surface area contributed by atoms with E-state index in [9.17, 15) is 19.1 Å². The number of carboxylic acid groups (broad SMARTS) is 1. The molecule has 0 aliphatic carbocycles. The summed E-state index contributed by atoms with van der Waals surface area (Å²) in [5, 5.41) is 17.9. The van der Waals surface area contributed by atoms with E-state index in [2.05, 4.69) is 0 Å². The SMILES string of the molecule is COc1c(C=O)ccc(F)c1C(O)C(=O)O. The summed E-state index contributed by atoms with van der Waals surface area (Å²) in [4.78, 5) is 21.2. The van der Waals surface area contributed by atoms with E-state index in [1.807, 2.05) is 0 Å². The number of carbonyl (C=O) groups is 2. The first-order valence-corrected chi connectivity index (χ1v) is 4.25. The van der Waals surface area contributed by atoms with Crippen molar-refractivity contribution in [1.82, 2.24) is 0 Å². The van der Waals surface area contributed by atoms with Gasteiger partial charge >= 0.3 is 5.97 Å². The molecule has 0 amide bonds. The van der Waals surface area contributed by atoms with Crippen molar-refractivity contribution in [2.45, 2.75) is 6.10 Å². The molecule has 0 aliphatic heterocycles. The van der Waals surface area contributed by atoms with Crippen molar-refractivity contribution in [2.75, 3.05) is 7.11 Å². The van der Waals surface area contributed by atoms with Gasteiger partial charge < -0.3 is 14.9 Å². The molecule has 16 heavy (non-hydrogen) atoms. The zero-order chi connectivity index (χ0) is 12.3. The van der Waals surface area contributed by atoms with E-state index < -0.39 is 23.5 Å². The first kappa shape index (κ1) is 12.1. The maximum atomic E-state index is 13.3. The average molecular weight is 228 g/mol. The molecule has 0 saturated heterocycles. The number of aliphatic hydroxyl groups excluding tert-OH is 1. The van der Waals surface area contributed by atoms with Gasteiger partial charge in [-0.1, -0.05) is 0 Å². The van der Waals surface area contributed by atoms with Gasteiger partial charge in [0.1, 0.15) is 11.6 Å². The molecule has 0 bridgehead atoms. The molecular formula is C10H9FO5. The van der Waals surface area contributed by atoms with Gasteiger partial charge in [-0.05, 0) is 12.1 Å². The van der Waals surface area contributed by atoms with Gasteiger partial charge in [-0.15, -0.1) is 0 Å². The first-order chi connectivity index (χ1) is 7.52. The van der Waals surface area contributed by atoms with E-state index in [-0.39, 0.29) is 11.3 Å². The summed E-state index contributed by atoms with van der Waals surface area (Å²) in [7, 11) is 1.15. The number of hydrogen-bond acceptors (Lipinski definition) is 4. The number of aliphatic carboxylic acids is 1. The number of aliphatic hydroxyl groups is 1. The molecule has 5 nitrogen and oxygen atoms in total. The van der Waals surface area contributed by atoms with E-state index in [4.69, 9.17) is 9.84 Å². The Balaban J connectivity index is 3.45. The van der Waals surface area contributed by atoms with E-state index in [1.165, 1.54) is 0 Å². The number of halogens is 1. The maximum absolute atomic E-state index is 13.3. The van der Waals surface area contributed by atoms with Gasteiger partial charge in [0, 0.05) is 0 Å².